The van der Waals surface area contributed by atoms with Gasteiger partial charge in [-0.25, -0.2) is 0 Å². The van der Waals surface area contributed by atoms with Gasteiger partial charge in [-0.1, -0.05) is 25.1 Å². The van der Waals surface area contributed by atoms with Crippen LogP contribution in [0.15, 0.2) is 30.3 Å². The molecule has 2 rings (SSSR count). The van der Waals surface area contributed by atoms with E-state index in [1.54, 1.807) is 0 Å². The zero-order valence-electron chi connectivity index (χ0n) is 10.5. The fourth-order valence-corrected chi connectivity index (χ4v) is 2.50. The van der Waals surface area contributed by atoms with Crippen molar-refractivity contribution in [1.82, 2.24) is 0 Å². The molecule has 1 saturated heterocycles. The minimum absolute atomic E-state index is 0.181. The lowest BCUT2D eigenvalue weighted by molar-refractivity contribution is -0.0293. The van der Waals surface area contributed by atoms with Crippen LogP contribution in [0.2, 0.25) is 0 Å². The molecule has 1 aliphatic heterocycles. The minimum Gasteiger partial charge on any atom is -0.389 e. The highest BCUT2D eigenvalue weighted by Gasteiger charge is 2.36. The van der Waals surface area contributed by atoms with Crippen molar-refractivity contribution in [2.75, 3.05) is 24.5 Å². The molecule has 1 unspecified atom stereocenters. The molecular formula is C14H22N2O. The number of hydrogen-bond acceptors (Lipinski definition) is 3. The van der Waals surface area contributed by atoms with Gasteiger partial charge >= 0.3 is 0 Å². The molecular weight excluding hydrogens is 212 g/mol. The molecule has 0 spiro atoms. The van der Waals surface area contributed by atoms with Gasteiger partial charge < -0.3 is 15.7 Å². The smallest absolute Gasteiger partial charge is 0.0718 e. The van der Waals surface area contributed by atoms with E-state index in [0.29, 0.717) is 6.54 Å². The molecule has 0 amide bonds. The summed E-state index contributed by atoms with van der Waals surface area (Å²) in [6.45, 7) is 4.41. The highest BCUT2D eigenvalue weighted by Crippen LogP contribution is 2.31. The van der Waals surface area contributed by atoms with E-state index >= 15 is 0 Å². The first kappa shape index (κ1) is 12.4. The Morgan fingerprint density at radius 2 is 1.88 bits per heavy atom. The maximum atomic E-state index is 10.5. The summed E-state index contributed by atoms with van der Waals surface area (Å²) >= 11 is 0. The fraction of sp³-hybridized carbons (Fsp3) is 0.571. The van der Waals surface area contributed by atoms with Gasteiger partial charge in [-0.2, -0.15) is 0 Å². The molecule has 1 heterocycles. The number of rotatable bonds is 3. The molecule has 94 valence electrons. The molecule has 3 N–H and O–H groups in total. The lowest BCUT2D eigenvalue weighted by Crippen LogP contribution is -2.50. The maximum absolute atomic E-state index is 10.5. The normalized spacial score (nSPS) is 21.2. The summed E-state index contributed by atoms with van der Waals surface area (Å²) in [5.74, 6) is 0.181. The van der Waals surface area contributed by atoms with Crippen molar-refractivity contribution in [3.05, 3.63) is 30.3 Å². The van der Waals surface area contributed by atoms with Gasteiger partial charge in [-0.3, -0.25) is 0 Å². The second kappa shape index (κ2) is 5.07. The Morgan fingerprint density at radius 3 is 2.41 bits per heavy atom. The minimum atomic E-state index is -0.569. The van der Waals surface area contributed by atoms with Gasteiger partial charge in [0, 0.05) is 18.8 Å². The van der Waals surface area contributed by atoms with E-state index in [0.717, 1.165) is 25.9 Å². The molecule has 1 fully saturated rings. The van der Waals surface area contributed by atoms with Crippen molar-refractivity contribution in [2.45, 2.75) is 25.4 Å². The van der Waals surface area contributed by atoms with Crippen LogP contribution in [-0.2, 0) is 0 Å². The molecule has 0 radical (unpaired) electrons. The molecule has 17 heavy (non-hydrogen) atoms. The van der Waals surface area contributed by atoms with Crippen molar-refractivity contribution in [3.63, 3.8) is 0 Å². The molecule has 3 heteroatoms. The van der Waals surface area contributed by atoms with Crippen LogP contribution in [0.5, 0.6) is 0 Å². The standard InChI is InChI=1S/C14H22N2O/c1-12(11-15)14(17)7-9-16(10-8-14)13-5-3-2-4-6-13/h2-6,12,17H,7-11,15H2,1H3. The molecule has 0 aromatic heterocycles. The first-order valence-corrected chi connectivity index (χ1v) is 6.38. The number of aliphatic hydroxyl groups is 1. The number of nitrogens with zero attached hydrogens (tertiary/aromatic N) is 1. The van der Waals surface area contributed by atoms with Crippen molar-refractivity contribution >= 4 is 5.69 Å². The Kier molecular flexibility index (Phi) is 3.69. The maximum Gasteiger partial charge on any atom is 0.0718 e. The zero-order valence-corrected chi connectivity index (χ0v) is 10.5. The SMILES string of the molecule is CC(CN)C1(O)CCN(c2ccccc2)CC1. The number of benzene rings is 1. The van der Waals surface area contributed by atoms with Crippen LogP contribution < -0.4 is 10.6 Å². The van der Waals surface area contributed by atoms with Crippen molar-refractivity contribution in [3.8, 4) is 0 Å². The summed E-state index contributed by atoms with van der Waals surface area (Å²) in [5.41, 5.74) is 6.34. The van der Waals surface area contributed by atoms with E-state index in [2.05, 4.69) is 29.2 Å². The molecule has 1 aromatic carbocycles. The number of nitrogens with two attached hydrogens (primary N) is 1. The summed E-state index contributed by atoms with van der Waals surface area (Å²) in [4.78, 5) is 2.33. The lowest BCUT2D eigenvalue weighted by Gasteiger charge is -2.42. The van der Waals surface area contributed by atoms with Gasteiger partial charge in [0.1, 0.15) is 0 Å². The molecule has 1 aliphatic rings. The number of anilines is 1. The van der Waals surface area contributed by atoms with E-state index < -0.39 is 5.60 Å². The Bertz CT molecular complexity index is 344. The largest absolute Gasteiger partial charge is 0.389 e. The third-order valence-electron chi connectivity index (χ3n) is 4.02. The topological polar surface area (TPSA) is 49.5 Å². The average molecular weight is 234 g/mol. The second-order valence-corrected chi connectivity index (χ2v) is 5.06. The van der Waals surface area contributed by atoms with Crippen LogP contribution in [-0.4, -0.2) is 30.3 Å². The number of hydrogen-bond donors (Lipinski definition) is 2. The molecule has 3 nitrogen and oxygen atoms in total. The Balaban J connectivity index is 1.99. The third-order valence-corrected chi connectivity index (χ3v) is 4.02. The van der Waals surface area contributed by atoms with E-state index in [-0.39, 0.29) is 5.92 Å². The number of para-hydroxylation sites is 1. The first-order valence-electron chi connectivity index (χ1n) is 6.38. The van der Waals surface area contributed by atoms with Crippen LogP contribution in [0.25, 0.3) is 0 Å². The van der Waals surface area contributed by atoms with Crippen LogP contribution in [0.3, 0.4) is 0 Å². The summed E-state index contributed by atoms with van der Waals surface area (Å²) in [6.07, 6.45) is 1.61. The van der Waals surface area contributed by atoms with E-state index in [1.807, 2.05) is 13.0 Å². The Hall–Kier alpha value is -1.06. The summed E-state index contributed by atoms with van der Waals surface area (Å²) in [7, 11) is 0. The average Bonchev–Trinajstić information content (AvgIpc) is 2.39. The number of piperidine rings is 1. The van der Waals surface area contributed by atoms with Gasteiger partial charge in [-0.15, -0.1) is 0 Å². The molecule has 1 aromatic rings. The quantitative estimate of drug-likeness (QED) is 0.835. The van der Waals surface area contributed by atoms with E-state index in [9.17, 15) is 5.11 Å². The highest BCUT2D eigenvalue weighted by atomic mass is 16.3. The lowest BCUT2D eigenvalue weighted by atomic mass is 9.80. The van der Waals surface area contributed by atoms with Crippen LogP contribution in [0.1, 0.15) is 19.8 Å². The molecule has 0 aliphatic carbocycles. The van der Waals surface area contributed by atoms with Gasteiger partial charge in [0.2, 0.25) is 0 Å². The van der Waals surface area contributed by atoms with Crippen LogP contribution >= 0.6 is 0 Å². The van der Waals surface area contributed by atoms with Gasteiger partial charge in [-0.05, 0) is 37.4 Å². The fourth-order valence-electron chi connectivity index (χ4n) is 2.50. The summed E-state index contributed by atoms with van der Waals surface area (Å²) < 4.78 is 0. The monoisotopic (exact) mass is 234 g/mol. The molecule has 1 atom stereocenters. The Labute approximate surface area is 103 Å². The summed E-state index contributed by atoms with van der Waals surface area (Å²) in [6, 6.07) is 10.4. The van der Waals surface area contributed by atoms with E-state index in [4.69, 9.17) is 5.73 Å². The molecule has 0 bridgehead atoms. The van der Waals surface area contributed by atoms with Crippen molar-refractivity contribution in [2.24, 2.45) is 11.7 Å². The van der Waals surface area contributed by atoms with Gasteiger partial charge in [0.15, 0.2) is 0 Å². The molecule has 0 saturated carbocycles. The van der Waals surface area contributed by atoms with E-state index in [1.165, 1.54) is 5.69 Å². The Morgan fingerprint density at radius 1 is 1.29 bits per heavy atom. The highest BCUT2D eigenvalue weighted by molar-refractivity contribution is 5.46. The van der Waals surface area contributed by atoms with Crippen molar-refractivity contribution in [1.29, 1.82) is 0 Å². The van der Waals surface area contributed by atoms with Gasteiger partial charge in [0.05, 0.1) is 5.60 Å². The summed E-state index contributed by atoms with van der Waals surface area (Å²) in [5, 5.41) is 10.5. The van der Waals surface area contributed by atoms with Crippen molar-refractivity contribution < 1.29 is 5.11 Å². The van der Waals surface area contributed by atoms with Gasteiger partial charge in [0.25, 0.3) is 0 Å². The predicted octanol–water partition coefficient (Wildman–Crippen LogP) is 1.61. The van der Waals surface area contributed by atoms with Crippen LogP contribution in [0, 0.1) is 5.92 Å². The van der Waals surface area contributed by atoms with Crippen LogP contribution in [0.4, 0.5) is 5.69 Å². The zero-order chi connectivity index (χ0) is 12.3. The first-order chi connectivity index (χ1) is 8.15. The second-order valence-electron chi connectivity index (χ2n) is 5.06. The predicted molar refractivity (Wildman–Crippen MR) is 71.1 cm³/mol. The third kappa shape index (κ3) is 2.61.